The molecule has 1 aromatic heterocycles. The minimum absolute atomic E-state index is 0.0538. The summed E-state index contributed by atoms with van der Waals surface area (Å²) < 4.78 is 13.9. The van der Waals surface area contributed by atoms with Crippen molar-refractivity contribution in [1.29, 1.82) is 0 Å². The Labute approximate surface area is 226 Å². The van der Waals surface area contributed by atoms with E-state index in [2.05, 4.69) is 34.6 Å². The molecule has 0 aliphatic carbocycles. The zero-order chi connectivity index (χ0) is 26.5. The van der Waals surface area contributed by atoms with E-state index in [4.69, 9.17) is 0 Å². The predicted molar refractivity (Wildman–Crippen MR) is 150 cm³/mol. The highest BCUT2D eigenvalue weighted by molar-refractivity contribution is 7.10. The van der Waals surface area contributed by atoms with Gasteiger partial charge in [-0.2, -0.15) is 0 Å². The number of para-hydroxylation sites is 1. The fourth-order valence-corrected chi connectivity index (χ4v) is 5.79. The molecule has 2 amide bonds. The van der Waals surface area contributed by atoms with Crippen LogP contribution in [-0.4, -0.2) is 34.8 Å². The maximum Gasteiger partial charge on any atom is 0.275 e. The van der Waals surface area contributed by atoms with Gasteiger partial charge in [0.25, 0.3) is 5.91 Å². The van der Waals surface area contributed by atoms with Gasteiger partial charge in [-0.25, -0.2) is 9.37 Å². The molecule has 1 fully saturated rings. The molecule has 0 atom stereocenters. The molecule has 0 saturated carbocycles. The maximum absolute atomic E-state index is 13.9. The quantitative estimate of drug-likeness (QED) is 0.286. The summed E-state index contributed by atoms with van der Waals surface area (Å²) in [7, 11) is 0. The molecule has 38 heavy (non-hydrogen) atoms. The van der Waals surface area contributed by atoms with Crippen LogP contribution in [0.2, 0.25) is 0 Å². The Balaban J connectivity index is 1.17. The van der Waals surface area contributed by atoms with Gasteiger partial charge < -0.3 is 10.2 Å². The number of amides is 2. The van der Waals surface area contributed by atoms with Gasteiger partial charge in [-0.05, 0) is 49.4 Å². The second kappa shape index (κ2) is 11.7. The highest BCUT2D eigenvalue weighted by atomic mass is 32.1. The summed E-state index contributed by atoms with van der Waals surface area (Å²) in [5.74, 6) is -0.218. The van der Waals surface area contributed by atoms with E-state index >= 15 is 0 Å². The van der Waals surface area contributed by atoms with Crippen molar-refractivity contribution in [3.8, 4) is 11.1 Å². The molecule has 1 saturated heterocycles. The third kappa shape index (κ3) is 6.00. The molecule has 0 radical (unpaired) electrons. The first-order chi connectivity index (χ1) is 18.5. The predicted octanol–water partition coefficient (Wildman–Crippen LogP) is 6.85. The largest absolute Gasteiger partial charge is 0.343 e. The number of nitrogens with zero attached hydrogens (tertiary/aromatic N) is 2. The van der Waals surface area contributed by atoms with Crippen LogP contribution in [0, 0.1) is 12.7 Å². The molecular formula is C31H30FN3O2S. The van der Waals surface area contributed by atoms with Crippen molar-refractivity contribution >= 4 is 28.8 Å². The van der Waals surface area contributed by atoms with Crippen molar-refractivity contribution in [3.63, 3.8) is 0 Å². The van der Waals surface area contributed by atoms with Crippen LogP contribution in [-0.2, 0) is 11.2 Å². The Morgan fingerprint density at radius 3 is 2.47 bits per heavy atom. The first-order valence-electron chi connectivity index (χ1n) is 12.9. The Morgan fingerprint density at radius 1 is 1.00 bits per heavy atom. The third-order valence-electron chi connectivity index (χ3n) is 7.06. The van der Waals surface area contributed by atoms with E-state index in [9.17, 15) is 14.0 Å². The molecule has 194 valence electrons. The van der Waals surface area contributed by atoms with Crippen LogP contribution in [0.5, 0.6) is 0 Å². The molecule has 1 aliphatic heterocycles. The number of piperidine rings is 1. The number of benzene rings is 3. The lowest BCUT2D eigenvalue weighted by Gasteiger charge is -2.31. The summed E-state index contributed by atoms with van der Waals surface area (Å²) >= 11 is 1.50. The van der Waals surface area contributed by atoms with E-state index in [1.165, 1.54) is 23.0 Å². The van der Waals surface area contributed by atoms with E-state index < -0.39 is 0 Å². The molecule has 5 rings (SSSR count). The van der Waals surface area contributed by atoms with Gasteiger partial charge in [0.15, 0.2) is 0 Å². The van der Waals surface area contributed by atoms with E-state index in [0.717, 1.165) is 34.7 Å². The summed E-state index contributed by atoms with van der Waals surface area (Å²) in [4.78, 5) is 32.3. The number of halogens is 1. The number of nitrogens with one attached hydrogen (secondary N) is 1. The van der Waals surface area contributed by atoms with Crippen molar-refractivity contribution in [3.05, 3.63) is 106 Å². The molecular weight excluding hydrogens is 497 g/mol. The topological polar surface area (TPSA) is 62.3 Å². The Hall–Kier alpha value is -3.84. The molecule has 0 unspecified atom stereocenters. The number of aryl methyl sites for hydroxylation is 2. The maximum atomic E-state index is 13.9. The number of likely N-dealkylation sites (tertiary alicyclic amines) is 1. The van der Waals surface area contributed by atoms with Gasteiger partial charge in [0.05, 0.1) is 5.01 Å². The number of carbonyl (C=O) groups is 2. The molecule has 4 aromatic rings. The zero-order valence-electron chi connectivity index (χ0n) is 21.3. The van der Waals surface area contributed by atoms with Crippen molar-refractivity contribution < 1.29 is 14.0 Å². The van der Waals surface area contributed by atoms with Crippen molar-refractivity contribution in [2.75, 3.05) is 18.4 Å². The average molecular weight is 528 g/mol. The van der Waals surface area contributed by atoms with Crippen LogP contribution >= 0.6 is 11.3 Å². The first kappa shape index (κ1) is 25.8. The smallest absolute Gasteiger partial charge is 0.275 e. The number of hydrogen-bond acceptors (Lipinski definition) is 4. The SMILES string of the molecule is Cc1ccc(-c2ccccc2NC(=O)c2csc(C3CCN(C(=O)CCc4ccccc4F)CC3)n2)cc1. The van der Waals surface area contributed by atoms with Crippen LogP contribution in [0.1, 0.15) is 51.8 Å². The van der Waals surface area contributed by atoms with E-state index in [0.29, 0.717) is 37.2 Å². The fourth-order valence-electron chi connectivity index (χ4n) is 4.82. The van der Waals surface area contributed by atoms with Crippen LogP contribution in [0.15, 0.2) is 78.2 Å². The lowest BCUT2D eigenvalue weighted by Crippen LogP contribution is -2.38. The molecule has 0 spiro atoms. The highest BCUT2D eigenvalue weighted by Crippen LogP contribution is 2.32. The first-order valence-corrected chi connectivity index (χ1v) is 13.8. The summed E-state index contributed by atoms with van der Waals surface area (Å²) in [5, 5.41) is 5.78. The fraction of sp³-hybridized carbons (Fsp3) is 0.258. The molecule has 3 aromatic carbocycles. The van der Waals surface area contributed by atoms with E-state index in [-0.39, 0.29) is 23.5 Å². The van der Waals surface area contributed by atoms with Gasteiger partial charge in [-0.3, -0.25) is 9.59 Å². The lowest BCUT2D eigenvalue weighted by atomic mass is 9.97. The molecule has 0 bridgehead atoms. The number of hydrogen-bond donors (Lipinski definition) is 1. The van der Waals surface area contributed by atoms with Crippen LogP contribution < -0.4 is 5.32 Å². The number of carbonyl (C=O) groups excluding carboxylic acids is 2. The number of thiazole rings is 1. The number of aromatic nitrogens is 1. The highest BCUT2D eigenvalue weighted by Gasteiger charge is 2.26. The second-order valence-corrected chi connectivity index (χ2v) is 10.6. The minimum atomic E-state index is -0.263. The van der Waals surface area contributed by atoms with Crippen LogP contribution in [0.3, 0.4) is 0 Å². The molecule has 1 N–H and O–H groups in total. The molecule has 2 heterocycles. The molecule has 5 nitrogen and oxygen atoms in total. The monoisotopic (exact) mass is 527 g/mol. The summed E-state index contributed by atoms with van der Waals surface area (Å²) in [6, 6.07) is 22.6. The van der Waals surface area contributed by atoms with Gasteiger partial charge in [0.2, 0.25) is 5.91 Å². The summed E-state index contributed by atoms with van der Waals surface area (Å²) in [6.07, 6.45) is 2.31. The summed E-state index contributed by atoms with van der Waals surface area (Å²) in [6.45, 7) is 3.34. The Bertz CT molecular complexity index is 1430. The van der Waals surface area contributed by atoms with Gasteiger partial charge in [0, 0.05) is 42.1 Å². The van der Waals surface area contributed by atoms with E-state index in [1.807, 2.05) is 41.5 Å². The molecule has 1 aliphatic rings. The van der Waals surface area contributed by atoms with Gasteiger partial charge in [-0.15, -0.1) is 11.3 Å². The molecule has 7 heteroatoms. The van der Waals surface area contributed by atoms with Crippen LogP contribution in [0.4, 0.5) is 10.1 Å². The van der Waals surface area contributed by atoms with Crippen LogP contribution in [0.25, 0.3) is 11.1 Å². The standard InChI is InChI=1S/C31H30FN3O2S/c1-21-10-12-22(13-11-21)25-7-3-5-9-27(25)33-30(37)28-20-38-31(34-28)24-16-18-35(19-17-24)29(36)15-14-23-6-2-4-8-26(23)32/h2-13,20,24H,14-19H2,1H3,(H,33,37). The second-order valence-electron chi connectivity index (χ2n) is 9.68. The Morgan fingerprint density at radius 2 is 1.71 bits per heavy atom. The number of rotatable bonds is 7. The lowest BCUT2D eigenvalue weighted by molar-refractivity contribution is -0.132. The van der Waals surface area contributed by atoms with Crippen molar-refractivity contribution in [2.24, 2.45) is 0 Å². The number of anilines is 1. The zero-order valence-corrected chi connectivity index (χ0v) is 22.1. The third-order valence-corrected chi connectivity index (χ3v) is 8.06. The average Bonchev–Trinajstić information content (AvgIpc) is 3.44. The Kier molecular flexibility index (Phi) is 7.94. The minimum Gasteiger partial charge on any atom is -0.343 e. The van der Waals surface area contributed by atoms with Crippen molar-refractivity contribution in [1.82, 2.24) is 9.88 Å². The summed E-state index contributed by atoms with van der Waals surface area (Å²) in [5.41, 5.74) is 4.92. The van der Waals surface area contributed by atoms with Gasteiger partial charge in [-0.1, -0.05) is 66.2 Å². The van der Waals surface area contributed by atoms with Gasteiger partial charge in [0.1, 0.15) is 11.5 Å². The normalized spacial score (nSPS) is 13.9. The van der Waals surface area contributed by atoms with E-state index in [1.54, 1.807) is 18.2 Å². The van der Waals surface area contributed by atoms with Crippen molar-refractivity contribution in [2.45, 2.75) is 38.5 Å². The van der Waals surface area contributed by atoms with Gasteiger partial charge >= 0.3 is 0 Å².